The van der Waals surface area contributed by atoms with Crippen molar-refractivity contribution in [2.24, 2.45) is 0 Å². The maximum absolute atomic E-state index is 3.67. The molecule has 105 valence electrons. The average Bonchev–Trinajstić information content (AvgIpc) is 2.97. The molecule has 1 heterocycles. The number of rotatable bonds is 9. The SMILES string of the molecule is CCC[CH2][Sn]([CH2]CCC)[CH2]CCC.c1c[nH]cn1. The Labute approximate surface area is 121 Å². The van der Waals surface area contributed by atoms with Crippen molar-refractivity contribution in [2.75, 3.05) is 0 Å². The van der Waals surface area contributed by atoms with E-state index in [0.29, 0.717) is 0 Å². The number of nitrogens with one attached hydrogen (secondary N) is 1. The molecule has 1 N–H and O–H groups in total. The van der Waals surface area contributed by atoms with E-state index in [4.69, 9.17) is 0 Å². The van der Waals surface area contributed by atoms with Gasteiger partial charge < -0.3 is 4.98 Å². The molecule has 1 rings (SSSR count). The van der Waals surface area contributed by atoms with E-state index < -0.39 is 19.8 Å². The van der Waals surface area contributed by atoms with Crippen LogP contribution in [0.3, 0.4) is 0 Å². The molecular weight excluding hydrogens is 327 g/mol. The van der Waals surface area contributed by atoms with Crippen LogP contribution >= 0.6 is 0 Å². The van der Waals surface area contributed by atoms with Gasteiger partial charge in [0.15, 0.2) is 0 Å². The van der Waals surface area contributed by atoms with Crippen molar-refractivity contribution in [2.45, 2.75) is 72.6 Å². The first-order chi connectivity index (χ1) is 8.85. The number of imidazole rings is 1. The molecule has 0 aliphatic heterocycles. The number of aromatic amines is 1. The summed E-state index contributed by atoms with van der Waals surface area (Å²) in [4.78, 5) is 6.42. The maximum Gasteiger partial charge on any atom is 0.0919 e. The second-order valence-electron chi connectivity index (χ2n) is 4.82. The molecule has 0 atom stereocenters. The van der Waals surface area contributed by atoms with E-state index >= 15 is 0 Å². The number of nitrogens with zero attached hydrogens (tertiary/aromatic N) is 1. The molecule has 3 heteroatoms. The van der Waals surface area contributed by atoms with Gasteiger partial charge in [-0.25, -0.2) is 4.98 Å². The summed E-state index contributed by atoms with van der Waals surface area (Å²) in [6, 6.07) is 0. The molecule has 2 nitrogen and oxygen atoms in total. The Bertz CT molecular complexity index is 188. The molecule has 1 aromatic rings. The van der Waals surface area contributed by atoms with Crippen LogP contribution < -0.4 is 0 Å². The van der Waals surface area contributed by atoms with Crippen LogP contribution in [0.1, 0.15) is 59.3 Å². The van der Waals surface area contributed by atoms with Gasteiger partial charge in [-0.3, -0.25) is 0 Å². The molecule has 0 spiro atoms. The second-order valence-corrected chi connectivity index (χ2v) is 13.4. The third-order valence-corrected chi connectivity index (χ3v) is 12.1. The first-order valence-corrected chi connectivity index (χ1v) is 13.7. The minimum absolute atomic E-state index is 0.839. The summed E-state index contributed by atoms with van der Waals surface area (Å²) in [6.45, 7) is 7.00. The summed E-state index contributed by atoms with van der Waals surface area (Å²) in [7, 11) is 0. The monoisotopic (exact) mass is 359 g/mol. The number of aromatic nitrogens is 2. The molecule has 0 amide bonds. The van der Waals surface area contributed by atoms with Crippen molar-refractivity contribution in [3.8, 4) is 0 Å². The van der Waals surface area contributed by atoms with Crippen LogP contribution in [-0.4, -0.2) is 29.7 Å². The molecule has 0 aliphatic carbocycles. The molecule has 0 bridgehead atoms. The normalized spacial score (nSPS) is 10.2. The van der Waals surface area contributed by atoms with Crippen molar-refractivity contribution in [3.63, 3.8) is 0 Å². The van der Waals surface area contributed by atoms with Crippen molar-refractivity contribution in [1.82, 2.24) is 9.97 Å². The molecular formula is C15H31N2Sn. The Morgan fingerprint density at radius 1 is 0.889 bits per heavy atom. The first kappa shape index (κ1) is 18.0. The van der Waals surface area contributed by atoms with E-state index in [9.17, 15) is 0 Å². The molecule has 0 aromatic carbocycles. The Balaban J connectivity index is 0.000000473. The van der Waals surface area contributed by atoms with Crippen LogP contribution in [-0.2, 0) is 0 Å². The van der Waals surface area contributed by atoms with Crippen LogP contribution in [0.5, 0.6) is 0 Å². The zero-order chi connectivity index (χ0) is 13.5. The summed E-state index contributed by atoms with van der Waals surface area (Å²) in [5.41, 5.74) is 0. The van der Waals surface area contributed by atoms with Crippen LogP contribution in [0.15, 0.2) is 18.7 Å². The van der Waals surface area contributed by atoms with Gasteiger partial charge in [0.25, 0.3) is 0 Å². The number of hydrogen-bond donors (Lipinski definition) is 1. The summed E-state index contributed by atoms with van der Waals surface area (Å²) < 4.78 is 5.04. The van der Waals surface area contributed by atoms with Crippen molar-refractivity contribution in [1.29, 1.82) is 0 Å². The quantitative estimate of drug-likeness (QED) is 0.597. The molecule has 0 saturated heterocycles. The predicted molar refractivity (Wildman–Crippen MR) is 83.5 cm³/mol. The Hall–Kier alpha value is 0.00870. The molecule has 1 radical (unpaired) electrons. The minimum atomic E-state index is -0.839. The minimum Gasteiger partial charge on any atom is -0.351 e. The van der Waals surface area contributed by atoms with Gasteiger partial charge in [0.05, 0.1) is 6.33 Å². The molecule has 1 aromatic heterocycles. The van der Waals surface area contributed by atoms with Gasteiger partial charge in [0.2, 0.25) is 0 Å². The zero-order valence-corrected chi connectivity index (χ0v) is 15.4. The van der Waals surface area contributed by atoms with Gasteiger partial charge in [-0.15, -0.1) is 0 Å². The first-order valence-electron chi connectivity index (χ1n) is 7.61. The van der Waals surface area contributed by atoms with Crippen LogP contribution in [0.25, 0.3) is 0 Å². The topological polar surface area (TPSA) is 28.7 Å². The molecule has 0 fully saturated rings. The van der Waals surface area contributed by atoms with E-state index in [1.165, 1.54) is 38.5 Å². The van der Waals surface area contributed by atoms with Crippen molar-refractivity contribution >= 4 is 19.8 Å². The number of unbranched alkanes of at least 4 members (excludes halogenated alkanes) is 3. The average molecular weight is 358 g/mol. The summed E-state index contributed by atoms with van der Waals surface area (Å²) in [6.07, 6.45) is 13.9. The van der Waals surface area contributed by atoms with E-state index in [1.54, 1.807) is 32.0 Å². The van der Waals surface area contributed by atoms with Gasteiger partial charge in [0.1, 0.15) is 0 Å². The third-order valence-electron chi connectivity index (χ3n) is 3.06. The van der Waals surface area contributed by atoms with E-state index in [2.05, 4.69) is 30.7 Å². The molecule has 0 aliphatic rings. The van der Waals surface area contributed by atoms with Gasteiger partial charge in [-0.2, -0.15) is 0 Å². The van der Waals surface area contributed by atoms with E-state index in [-0.39, 0.29) is 0 Å². The van der Waals surface area contributed by atoms with Crippen LogP contribution in [0.4, 0.5) is 0 Å². The largest absolute Gasteiger partial charge is 0.351 e. The fourth-order valence-corrected chi connectivity index (χ4v) is 11.3. The fraction of sp³-hybridized carbons (Fsp3) is 0.800. The van der Waals surface area contributed by atoms with Gasteiger partial charge in [-0.05, 0) is 0 Å². The maximum atomic E-state index is 3.67. The van der Waals surface area contributed by atoms with Crippen molar-refractivity contribution in [3.05, 3.63) is 18.7 Å². The fourth-order valence-electron chi connectivity index (χ4n) is 1.87. The van der Waals surface area contributed by atoms with Gasteiger partial charge in [-0.1, -0.05) is 0 Å². The zero-order valence-electron chi connectivity index (χ0n) is 12.5. The Morgan fingerprint density at radius 2 is 1.39 bits per heavy atom. The van der Waals surface area contributed by atoms with E-state index in [1.807, 2.05) is 0 Å². The second kappa shape index (κ2) is 15.1. The Kier molecular flexibility index (Phi) is 15.1. The van der Waals surface area contributed by atoms with Crippen LogP contribution in [0, 0.1) is 0 Å². The van der Waals surface area contributed by atoms with E-state index in [0.717, 1.165) is 0 Å². The third kappa shape index (κ3) is 12.5. The van der Waals surface area contributed by atoms with Gasteiger partial charge in [0, 0.05) is 12.4 Å². The molecule has 18 heavy (non-hydrogen) atoms. The number of H-pyrrole nitrogens is 1. The summed E-state index contributed by atoms with van der Waals surface area (Å²) in [5.74, 6) is 0. The smallest absolute Gasteiger partial charge is 0.0919 e. The molecule has 0 unspecified atom stereocenters. The van der Waals surface area contributed by atoms with Gasteiger partial charge >= 0.3 is 92.4 Å². The summed E-state index contributed by atoms with van der Waals surface area (Å²) >= 11 is -0.839. The standard InChI is InChI=1S/3C4H9.C3H4N2.Sn/c3*1-3-4-2;1-2-5-3-4-1;/h3*1,3-4H2,2H3;1-3H,(H,4,5);. The summed E-state index contributed by atoms with van der Waals surface area (Å²) in [5, 5.41) is 0. The van der Waals surface area contributed by atoms with Crippen molar-refractivity contribution < 1.29 is 0 Å². The Morgan fingerprint density at radius 3 is 1.61 bits per heavy atom. The number of hydrogen-bond acceptors (Lipinski definition) is 1. The molecule has 0 saturated carbocycles. The predicted octanol–water partition coefficient (Wildman–Crippen LogP) is 5.29. The van der Waals surface area contributed by atoms with Crippen LogP contribution in [0.2, 0.25) is 13.3 Å².